The minimum absolute atomic E-state index is 0.217. The van der Waals surface area contributed by atoms with Crippen LogP contribution in [0.15, 0.2) is 29.3 Å². The molecule has 1 saturated heterocycles. The molecule has 0 spiro atoms. The van der Waals surface area contributed by atoms with Crippen LogP contribution in [-0.2, 0) is 0 Å². The van der Waals surface area contributed by atoms with E-state index in [-0.39, 0.29) is 12.6 Å². The lowest BCUT2D eigenvalue weighted by atomic mass is 10.0. The fraction of sp³-hybridized carbons (Fsp3) is 0.650. The van der Waals surface area contributed by atoms with Crippen LogP contribution in [0.5, 0.6) is 0 Å². The monoisotopic (exact) mass is 378 g/mol. The summed E-state index contributed by atoms with van der Waals surface area (Å²) >= 11 is 6.05. The van der Waals surface area contributed by atoms with Crippen LogP contribution in [-0.4, -0.2) is 78.7 Å². The van der Waals surface area contributed by atoms with Crippen LogP contribution in [0.25, 0.3) is 0 Å². The van der Waals surface area contributed by atoms with Crippen LogP contribution >= 0.6 is 11.6 Å². The number of aliphatic imine (C=N–C) groups is 1. The molecule has 0 saturated carbocycles. The zero-order chi connectivity index (χ0) is 18.5. The number of hydrogen-bond acceptors (Lipinski definition) is 5. The van der Waals surface area contributed by atoms with Crippen molar-refractivity contribution in [2.24, 2.45) is 10.9 Å². The van der Waals surface area contributed by atoms with Crippen molar-refractivity contribution in [2.75, 3.05) is 45.9 Å². The third-order valence-electron chi connectivity index (χ3n) is 5.28. The average molecular weight is 379 g/mol. The van der Waals surface area contributed by atoms with Gasteiger partial charge in [0.2, 0.25) is 0 Å². The maximum atomic E-state index is 9.30. The predicted molar refractivity (Wildman–Crippen MR) is 108 cm³/mol. The lowest BCUT2D eigenvalue weighted by Gasteiger charge is -2.40. The first kappa shape index (κ1) is 19.6. The first-order chi connectivity index (χ1) is 12.6. The SMILES string of the molecule is CC(C)CCNCC1N=C(c2ccc(Cl)cc2)N2CCN(CCO)CC12. The molecule has 2 aliphatic heterocycles. The van der Waals surface area contributed by atoms with Crippen LogP contribution in [0.1, 0.15) is 25.8 Å². The maximum absolute atomic E-state index is 9.30. The lowest BCUT2D eigenvalue weighted by molar-refractivity contribution is 0.105. The number of halogens is 1. The summed E-state index contributed by atoms with van der Waals surface area (Å²) < 4.78 is 0. The van der Waals surface area contributed by atoms with Gasteiger partial charge in [-0.25, -0.2) is 0 Å². The quantitative estimate of drug-likeness (QED) is 0.680. The zero-order valence-corrected chi connectivity index (χ0v) is 16.6. The molecule has 2 N–H and O–H groups in total. The largest absolute Gasteiger partial charge is 0.395 e. The number of aliphatic hydroxyl groups excluding tert-OH is 1. The van der Waals surface area contributed by atoms with Crippen LogP contribution in [0.4, 0.5) is 0 Å². The van der Waals surface area contributed by atoms with Gasteiger partial charge in [-0.1, -0.05) is 25.4 Å². The summed E-state index contributed by atoms with van der Waals surface area (Å²) in [6.07, 6.45) is 1.19. The Morgan fingerprint density at radius 3 is 2.73 bits per heavy atom. The average Bonchev–Trinajstić information content (AvgIpc) is 2.98. The molecule has 2 heterocycles. The fourth-order valence-electron chi connectivity index (χ4n) is 3.79. The molecule has 6 heteroatoms. The highest BCUT2D eigenvalue weighted by molar-refractivity contribution is 6.30. The minimum Gasteiger partial charge on any atom is -0.395 e. The smallest absolute Gasteiger partial charge is 0.131 e. The molecule has 3 rings (SSSR count). The van der Waals surface area contributed by atoms with Gasteiger partial charge in [0.25, 0.3) is 0 Å². The number of aliphatic hydroxyl groups is 1. The number of benzene rings is 1. The van der Waals surface area contributed by atoms with E-state index in [1.807, 2.05) is 12.1 Å². The number of hydrogen-bond donors (Lipinski definition) is 2. The highest BCUT2D eigenvalue weighted by Gasteiger charge is 2.39. The van der Waals surface area contributed by atoms with E-state index in [9.17, 15) is 5.11 Å². The maximum Gasteiger partial charge on any atom is 0.131 e. The first-order valence-electron chi connectivity index (χ1n) is 9.72. The van der Waals surface area contributed by atoms with Crippen LogP contribution in [0, 0.1) is 5.92 Å². The summed E-state index contributed by atoms with van der Waals surface area (Å²) in [5.74, 6) is 1.80. The Morgan fingerprint density at radius 2 is 2.04 bits per heavy atom. The summed E-state index contributed by atoms with van der Waals surface area (Å²) in [5, 5.41) is 13.6. The van der Waals surface area contributed by atoms with Crippen molar-refractivity contribution in [3.63, 3.8) is 0 Å². The molecule has 0 radical (unpaired) electrons. The van der Waals surface area contributed by atoms with Crippen LogP contribution in [0.3, 0.4) is 0 Å². The number of piperazine rings is 1. The van der Waals surface area contributed by atoms with Gasteiger partial charge in [0.1, 0.15) is 5.84 Å². The third-order valence-corrected chi connectivity index (χ3v) is 5.53. The summed E-state index contributed by atoms with van der Waals surface area (Å²) in [6.45, 7) is 10.3. The number of nitrogens with zero attached hydrogens (tertiary/aromatic N) is 3. The van der Waals surface area contributed by atoms with E-state index in [4.69, 9.17) is 16.6 Å². The number of nitrogens with one attached hydrogen (secondary N) is 1. The molecule has 2 aliphatic rings. The van der Waals surface area contributed by atoms with E-state index in [0.717, 1.165) is 55.7 Å². The molecule has 2 unspecified atom stereocenters. The molecule has 26 heavy (non-hydrogen) atoms. The highest BCUT2D eigenvalue weighted by atomic mass is 35.5. The topological polar surface area (TPSA) is 51.1 Å². The van der Waals surface area contributed by atoms with E-state index in [1.54, 1.807) is 0 Å². The van der Waals surface area contributed by atoms with Crippen molar-refractivity contribution in [1.82, 2.24) is 15.1 Å². The van der Waals surface area contributed by atoms with Gasteiger partial charge in [-0.2, -0.15) is 0 Å². The predicted octanol–water partition coefficient (Wildman–Crippen LogP) is 2.08. The fourth-order valence-corrected chi connectivity index (χ4v) is 3.91. The Bertz CT molecular complexity index is 604. The Labute approximate surface area is 162 Å². The van der Waals surface area contributed by atoms with Gasteiger partial charge in [-0.3, -0.25) is 9.89 Å². The molecule has 0 aromatic heterocycles. The van der Waals surface area contributed by atoms with Gasteiger partial charge in [-0.15, -0.1) is 0 Å². The van der Waals surface area contributed by atoms with Crippen LogP contribution < -0.4 is 5.32 Å². The van der Waals surface area contributed by atoms with Crippen LogP contribution in [0.2, 0.25) is 5.02 Å². The minimum atomic E-state index is 0.217. The summed E-state index contributed by atoms with van der Waals surface area (Å²) in [6, 6.07) is 8.61. The molecule has 2 atom stereocenters. The standard InChI is InChI=1S/C20H31ClN4O/c1-15(2)7-8-22-13-18-19-14-24(11-12-26)9-10-25(19)20(23-18)16-3-5-17(21)6-4-16/h3-6,15,18-19,22,26H,7-14H2,1-2H3. The molecule has 0 amide bonds. The van der Waals surface area contributed by atoms with Gasteiger partial charge >= 0.3 is 0 Å². The summed E-state index contributed by atoms with van der Waals surface area (Å²) in [4.78, 5) is 9.89. The molecule has 1 aromatic carbocycles. The number of amidine groups is 1. The molecule has 1 fully saturated rings. The zero-order valence-electron chi connectivity index (χ0n) is 15.9. The molecule has 0 aliphatic carbocycles. The number of rotatable bonds is 8. The highest BCUT2D eigenvalue weighted by Crippen LogP contribution is 2.26. The van der Waals surface area contributed by atoms with Gasteiger partial charge in [-0.05, 0) is 43.1 Å². The van der Waals surface area contributed by atoms with Crippen molar-refractivity contribution in [3.05, 3.63) is 34.9 Å². The Morgan fingerprint density at radius 1 is 1.27 bits per heavy atom. The second-order valence-corrected chi connectivity index (χ2v) is 8.13. The van der Waals surface area contributed by atoms with Crippen molar-refractivity contribution in [1.29, 1.82) is 0 Å². The van der Waals surface area contributed by atoms with E-state index < -0.39 is 0 Å². The molecular weight excluding hydrogens is 348 g/mol. The Hall–Kier alpha value is -1.14. The normalized spacial score (nSPS) is 23.4. The first-order valence-corrected chi connectivity index (χ1v) is 10.1. The van der Waals surface area contributed by atoms with E-state index in [2.05, 4.69) is 41.1 Å². The van der Waals surface area contributed by atoms with E-state index >= 15 is 0 Å². The van der Waals surface area contributed by atoms with Crippen molar-refractivity contribution in [3.8, 4) is 0 Å². The molecular formula is C20H31ClN4O. The number of β-amino-alcohol motifs (C(OH)–C–C–N with tert-alkyl or cyclic N) is 1. The second kappa shape index (κ2) is 9.18. The Balaban J connectivity index is 1.72. The van der Waals surface area contributed by atoms with Crippen molar-refractivity contribution in [2.45, 2.75) is 32.4 Å². The van der Waals surface area contributed by atoms with Gasteiger partial charge in [0.15, 0.2) is 0 Å². The Kier molecular flexibility index (Phi) is 6.92. The second-order valence-electron chi connectivity index (χ2n) is 7.70. The molecule has 1 aromatic rings. The van der Waals surface area contributed by atoms with Crippen molar-refractivity contribution < 1.29 is 5.11 Å². The molecule has 144 valence electrons. The van der Waals surface area contributed by atoms with Crippen molar-refractivity contribution >= 4 is 17.4 Å². The molecule has 0 bridgehead atoms. The molecule has 5 nitrogen and oxygen atoms in total. The number of fused-ring (bicyclic) bond motifs is 1. The van der Waals surface area contributed by atoms with Gasteiger partial charge in [0, 0.05) is 43.3 Å². The summed E-state index contributed by atoms with van der Waals surface area (Å²) in [5.41, 5.74) is 1.14. The van der Waals surface area contributed by atoms with Gasteiger partial charge < -0.3 is 15.3 Å². The lowest BCUT2D eigenvalue weighted by Crippen LogP contribution is -2.57. The van der Waals surface area contributed by atoms with E-state index in [0.29, 0.717) is 12.0 Å². The summed E-state index contributed by atoms with van der Waals surface area (Å²) in [7, 11) is 0. The van der Waals surface area contributed by atoms with Gasteiger partial charge in [0.05, 0.1) is 18.7 Å². The van der Waals surface area contributed by atoms with E-state index in [1.165, 1.54) is 6.42 Å². The third kappa shape index (κ3) is 4.77.